The van der Waals surface area contributed by atoms with Crippen molar-refractivity contribution < 1.29 is 20.1 Å². The van der Waals surface area contributed by atoms with E-state index >= 15 is 0 Å². The number of aliphatic hydroxyl groups excluding tert-OH is 3. The molecule has 4 rings (SSSR count). The maximum Gasteiger partial charge on any atom is 0.276 e. The Morgan fingerprint density at radius 2 is 1.96 bits per heavy atom. The standard InChI is InChI=1S/C17H17N5O5/c18-14-11-15(21-16(26)10(20-11)8-4-2-1-3-5-8)22(7-19-14)17-13(25)12(24)9(6-23)27-17/h1-5,7,9,12-13,17-18,23-25H,6H2,(H,21,26)/t9-,12-,13-,17-/m1/s1. The second-order valence-corrected chi connectivity index (χ2v) is 6.21. The first-order valence-electron chi connectivity index (χ1n) is 8.25. The van der Waals surface area contributed by atoms with E-state index < -0.39 is 36.7 Å². The van der Waals surface area contributed by atoms with Gasteiger partial charge in [-0.1, -0.05) is 30.3 Å². The first kappa shape index (κ1) is 17.5. The summed E-state index contributed by atoms with van der Waals surface area (Å²) in [6.07, 6.45) is -3.53. The lowest BCUT2D eigenvalue weighted by Gasteiger charge is -2.19. The van der Waals surface area contributed by atoms with E-state index in [-0.39, 0.29) is 22.3 Å². The third kappa shape index (κ3) is 2.84. The molecule has 1 aromatic carbocycles. The summed E-state index contributed by atoms with van der Waals surface area (Å²) in [7, 11) is 0. The van der Waals surface area contributed by atoms with Gasteiger partial charge in [-0.3, -0.25) is 14.8 Å². The smallest absolute Gasteiger partial charge is 0.276 e. The second-order valence-electron chi connectivity index (χ2n) is 6.21. The van der Waals surface area contributed by atoms with Crippen molar-refractivity contribution in [1.82, 2.24) is 19.5 Å². The molecule has 3 aromatic rings. The Balaban J connectivity index is 1.90. The Morgan fingerprint density at radius 1 is 1.22 bits per heavy atom. The van der Waals surface area contributed by atoms with Crippen LogP contribution < -0.4 is 11.0 Å². The molecule has 0 bridgehead atoms. The van der Waals surface area contributed by atoms with Gasteiger partial charge in [0, 0.05) is 5.56 Å². The van der Waals surface area contributed by atoms with Gasteiger partial charge in [-0.25, -0.2) is 9.97 Å². The highest BCUT2D eigenvalue weighted by atomic mass is 16.6. The number of benzene rings is 1. The average Bonchev–Trinajstić information content (AvgIpc) is 2.97. The monoisotopic (exact) mass is 371 g/mol. The van der Waals surface area contributed by atoms with Crippen molar-refractivity contribution in [3.63, 3.8) is 0 Å². The van der Waals surface area contributed by atoms with Gasteiger partial charge in [0.25, 0.3) is 5.56 Å². The van der Waals surface area contributed by atoms with Crippen LogP contribution in [0, 0.1) is 5.41 Å². The van der Waals surface area contributed by atoms with Crippen LogP contribution in [-0.2, 0) is 4.74 Å². The molecule has 0 saturated carbocycles. The first-order valence-corrected chi connectivity index (χ1v) is 8.25. The summed E-state index contributed by atoms with van der Waals surface area (Å²) in [6.45, 7) is -0.482. The van der Waals surface area contributed by atoms with Crippen LogP contribution in [0.25, 0.3) is 22.4 Å². The molecule has 3 heterocycles. The van der Waals surface area contributed by atoms with Crippen LogP contribution in [0.2, 0.25) is 0 Å². The van der Waals surface area contributed by atoms with E-state index in [2.05, 4.69) is 15.0 Å². The number of aromatic nitrogens is 4. The van der Waals surface area contributed by atoms with Crippen LogP contribution in [0.4, 0.5) is 0 Å². The van der Waals surface area contributed by atoms with E-state index in [9.17, 15) is 20.1 Å². The minimum absolute atomic E-state index is 0.105. The number of rotatable bonds is 3. The molecule has 1 aliphatic rings. The highest BCUT2D eigenvalue weighted by Crippen LogP contribution is 2.30. The molecule has 0 radical (unpaired) electrons. The fourth-order valence-corrected chi connectivity index (χ4v) is 3.13. The highest BCUT2D eigenvalue weighted by molar-refractivity contribution is 5.72. The number of aliphatic hydroxyl groups is 3. The van der Waals surface area contributed by atoms with Gasteiger partial charge in [-0.05, 0) is 0 Å². The second kappa shape index (κ2) is 6.67. The molecule has 10 heteroatoms. The van der Waals surface area contributed by atoms with E-state index in [1.165, 1.54) is 10.9 Å². The molecule has 0 spiro atoms. The lowest BCUT2D eigenvalue weighted by molar-refractivity contribution is -0.0516. The molecule has 2 aromatic heterocycles. The Hall–Kier alpha value is -2.92. The molecule has 4 atom stereocenters. The summed E-state index contributed by atoms with van der Waals surface area (Å²) in [6, 6.07) is 8.80. The summed E-state index contributed by atoms with van der Waals surface area (Å²) in [4.78, 5) is 23.5. The van der Waals surface area contributed by atoms with Crippen molar-refractivity contribution in [3.05, 3.63) is 52.5 Å². The molecule has 0 unspecified atom stereocenters. The van der Waals surface area contributed by atoms with E-state index in [0.29, 0.717) is 5.56 Å². The maximum absolute atomic E-state index is 12.6. The van der Waals surface area contributed by atoms with E-state index in [1.807, 2.05) is 6.07 Å². The van der Waals surface area contributed by atoms with Gasteiger partial charge < -0.3 is 25.0 Å². The summed E-state index contributed by atoms with van der Waals surface area (Å²) < 4.78 is 6.78. The van der Waals surface area contributed by atoms with Crippen molar-refractivity contribution in [2.45, 2.75) is 24.5 Å². The maximum atomic E-state index is 12.6. The zero-order valence-electron chi connectivity index (χ0n) is 14.0. The molecule has 10 nitrogen and oxygen atoms in total. The third-order valence-electron chi connectivity index (χ3n) is 4.53. The number of aromatic amines is 1. The lowest BCUT2D eigenvalue weighted by Crippen LogP contribution is -2.33. The van der Waals surface area contributed by atoms with Gasteiger partial charge in [0.05, 0.1) is 6.61 Å². The predicted molar refractivity (Wildman–Crippen MR) is 92.4 cm³/mol. The highest BCUT2D eigenvalue weighted by Gasteiger charge is 2.43. The number of nitrogens with one attached hydrogen (secondary N) is 2. The molecule has 1 aliphatic heterocycles. The van der Waals surface area contributed by atoms with Gasteiger partial charge in [-0.15, -0.1) is 0 Å². The molecular formula is C17H17N5O5. The van der Waals surface area contributed by atoms with E-state index in [1.54, 1.807) is 24.3 Å². The normalized spacial score (nSPS) is 25.1. The van der Waals surface area contributed by atoms with Crippen molar-refractivity contribution in [2.75, 3.05) is 6.61 Å². The molecule has 5 N–H and O–H groups in total. The van der Waals surface area contributed by atoms with Crippen molar-refractivity contribution in [3.8, 4) is 11.3 Å². The van der Waals surface area contributed by atoms with Crippen LogP contribution in [0.3, 0.4) is 0 Å². The predicted octanol–water partition coefficient (Wildman–Crippen LogP) is -1.12. The number of H-pyrrole nitrogens is 1. The van der Waals surface area contributed by atoms with Crippen molar-refractivity contribution in [2.24, 2.45) is 0 Å². The SMILES string of the molecule is N=c1ncn([C@@H]2O[C@H](CO)[C@@H](O)[C@H]2O)c2[nH]c(=O)c(-c3ccccc3)nc12. The fraction of sp³-hybridized carbons (Fsp3) is 0.294. The first-order chi connectivity index (χ1) is 13.0. The Labute approximate surface area is 151 Å². The van der Waals surface area contributed by atoms with Crippen LogP contribution in [0.15, 0.2) is 41.5 Å². The van der Waals surface area contributed by atoms with Crippen LogP contribution >= 0.6 is 0 Å². The van der Waals surface area contributed by atoms with Gasteiger partial charge in [0.2, 0.25) is 0 Å². The van der Waals surface area contributed by atoms with Gasteiger partial charge in [0.15, 0.2) is 11.7 Å². The largest absolute Gasteiger partial charge is 0.394 e. The van der Waals surface area contributed by atoms with Gasteiger partial charge in [0.1, 0.15) is 41.5 Å². The topological polar surface area (TPSA) is 157 Å². The summed E-state index contributed by atoms with van der Waals surface area (Å²) in [5.74, 6) is 0. The number of hydrogen-bond acceptors (Lipinski definition) is 8. The summed E-state index contributed by atoms with van der Waals surface area (Å²) >= 11 is 0. The molecule has 1 fully saturated rings. The Bertz CT molecular complexity index is 1100. The lowest BCUT2D eigenvalue weighted by atomic mass is 10.1. The number of nitrogens with zero attached hydrogens (tertiary/aromatic N) is 3. The Kier molecular flexibility index (Phi) is 4.32. The summed E-state index contributed by atoms with van der Waals surface area (Å²) in [5, 5.41) is 37.5. The molecule has 1 saturated heterocycles. The van der Waals surface area contributed by atoms with Crippen molar-refractivity contribution in [1.29, 1.82) is 5.41 Å². The Morgan fingerprint density at radius 3 is 2.63 bits per heavy atom. The van der Waals surface area contributed by atoms with Crippen LogP contribution in [0.5, 0.6) is 0 Å². The zero-order chi connectivity index (χ0) is 19.1. The van der Waals surface area contributed by atoms with Gasteiger partial charge in [-0.2, -0.15) is 0 Å². The van der Waals surface area contributed by atoms with Crippen molar-refractivity contribution >= 4 is 11.2 Å². The zero-order valence-corrected chi connectivity index (χ0v) is 14.0. The number of fused-ring (bicyclic) bond motifs is 1. The molecule has 140 valence electrons. The minimum Gasteiger partial charge on any atom is -0.394 e. The van der Waals surface area contributed by atoms with Gasteiger partial charge >= 0.3 is 0 Å². The van der Waals surface area contributed by atoms with Crippen LogP contribution in [0.1, 0.15) is 6.23 Å². The molecular weight excluding hydrogens is 354 g/mol. The van der Waals surface area contributed by atoms with E-state index in [4.69, 9.17) is 10.1 Å². The van der Waals surface area contributed by atoms with Crippen LogP contribution in [-0.4, -0.2) is 59.8 Å². The molecule has 0 amide bonds. The minimum atomic E-state index is -1.36. The fourth-order valence-electron chi connectivity index (χ4n) is 3.13. The molecule has 27 heavy (non-hydrogen) atoms. The quantitative estimate of drug-likeness (QED) is 0.390. The number of hydrogen-bond donors (Lipinski definition) is 5. The summed E-state index contributed by atoms with van der Waals surface area (Å²) in [5.41, 5.74) is 0.296. The van der Waals surface area contributed by atoms with E-state index in [0.717, 1.165) is 0 Å². The average molecular weight is 371 g/mol. The number of ether oxygens (including phenoxy) is 1. The third-order valence-corrected chi connectivity index (χ3v) is 4.53. The molecule has 0 aliphatic carbocycles.